The molecule has 0 amide bonds. The van der Waals surface area contributed by atoms with Crippen LogP contribution in [0, 0.1) is 11.8 Å². The lowest BCUT2D eigenvalue weighted by Crippen LogP contribution is -2.16. The third-order valence-electron chi connectivity index (χ3n) is 4.21. The van der Waals surface area contributed by atoms with Gasteiger partial charge in [-0.15, -0.1) is 0 Å². The fourth-order valence-electron chi connectivity index (χ4n) is 3.12. The van der Waals surface area contributed by atoms with E-state index < -0.39 is 12.1 Å². The number of rotatable bonds is 5. The number of ketones is 1. The summed E-state index contributed by atoms with van der Waals surface area (Å²) in [5.74, 6) is -0.693. The molecule has 1 aromatic carbocycles. The molecular weight excluding hydrogens is 323 g/mol. The highest BCUT2D eigenvalue weighted by atomic mass is 35.5. The molecule has 0 bridgehead atoms. The summed E-state index contributed by atoms with van der Waals surface area (Å²) >= 11 is 5.83. The minimum Gasteiger partial charge on any atom is -0.485 e. The molecule has 0 N–H and O–H groups in total. The van der Waals surface area contributed by atoms with Crippen molar-refractivity contribution >= 4 is 23.4 Å². The number of halogens is 2. The minimum absolute atomic E-state index is 0.149. The van der Waals surface area contributed by atoms with Gasteiger partial charge in [-0.25, -0.2) is 4.39 Å². The maximum atomic E-state index is 14.0. The Balaban J connectivity index is 1.55. The fourth-order valence-corrected chi connectivity index (χ4v) is 3.30. The number of carbonyl (C=O) groups excluding carboxylic acids is 2. The van der Waals surface area contributed by atoms with Gasteiger partial charge >= 0.3 is 5.97 Å². The molecule has 122 valence electrons. The summed E-state index contributed by atoms with van der Waals surface area (Å²) in [5, 5.41) is 0.522. The first-order valence-electron chi connectivity index (χ1n) is 7.46. The summed E-state index contributed by atoms with van der Waals surface area (Å²) < 4.78 is 24.4. The Morgan fingerprint density at radius 3 is 3.09 bits per heavy atom. The molecule has 0 aromatic heterocycles. The van der Waals surface area contributed by atoms with Crippen molar-refractivity contribution in [2.24, 2.45) is 11.8 Å². The van der Waals surface area contributed by atoms with Crippen LogP contribution < -0.4 is 4.74 Å². The first kappa shape index (κ1) is 16.0. The van der Waals surface area contributed by atoms with Crippen LogP contribution in [-0.4, -0.2) is 30.6 Å². The SMILES string of the molecule is O=C(/C=C/C1C(F)CC2OC(=O)CC21)COc1cccc(Cl)c1. The average Bonchev–Trinajstić information content (AvgIpc) is 2.98. The molecule has 1 saturated heterocycles. The van der Waals surface area contributed by atoms with Crippen LogP contribution in [0.3, 0.4) is 0 Å². The van der Waals surface area contributed by atoms with Crippen molar-refractivity contribution in [3.63, 3.8) is 0 Å². The number of hydrogen-bond donors (Lipinski definition) is 0. The molecule has 4 atom stereocenters. The summed E-state index contributed by atoms with van der Waals surface area (Å²) in [6.07, 6.45) is 1.85. The molecule has 6 heteroatoms. The maximum Gasteiger partial charge on any atom is 0.306 e. The van der Waals surface area contributed by atoms with E-state index >= 15 is 0 Å². The van der Waals surface area contributed by atoms with Gasteiger partial charge in [0.15, 0.2) is 12.4 Å². The lowest BCUT2D eigenvalue weighted by Gasteiger charge is -2.12. The number of allylic oxidation sites excluding steroid dienone is 1. The zero-order chi connectivity index (χ0) is 16.4. The van der Waals surface area contributed by atoms with Crippen LogP contribution in [0.15, 0.2) is 36.4 Å². The molecule has 2 fully saturated rings. The predicted octanol–water partition coefficient (Wildman–Crippen LogP) is 3.13. The molecule has 1 aromatic rings. The Morgan fingerprint density at radius 2 is 2.30 bits per heavy atom. The van der Waals surface area contributed by atoms with Gasteiger partial charge in [0, 0.05) is 23.3 Å². The van der Waals surface area contributed by atoms with Gasteiger partial charge in [0.25, 0.3) is 0 Å². The number of esters is 1. The number of ether oxygens (including phenoxy) is 2. The monoisotopic (exact) mass is 338 g/mol. The van der Waals surface area contributed by atoms with E-state index in [1.54, 1.807) is 30.3 Å². The summed E-state index contributed by atoms with van der Waals surface area (Å²) in [4.78, 5) is 23.1. The molecule has 3 rings (SSSR count). The molecule has 1 aliphatic heterocycles. The van der Waals surface area contributed by atoms with Crippen LogP contribution in [0.2, 0.25) is 5.02 Å². The van der Waals surface area contributed by atoms with E-state index in [2.05, 4.69) is 0 Å². The van der Waals surface area contributed by atoms with Crippen molar-refractivity contribution in [3.05, 3.63) is 41.4 Å². The number of hydrogen-bond acceptors (Lipinski definition) is 4. The van der Waals surface area contributed by atoms with Crippen LogP contribution in [0.5, 0.6) is 5.75 Å². The molecule has 0 radical (unpaired) electrons. The summed E-state index contributed by atoms with van der Waals surface area (Å²) in [7, 11) is 0. The quantitative estimate of drug-likeness (QED) is 0.611. The first-order valence-corrected chi connectivity index (χ1v) is 7.83. The number of alkyl halides is 1. The molecule has 1 saturated carbocycles. The van der Waals surface area contributed by atoms with Crippen molar-refractivity contribution in [3.8, 4) is 5.75 Å². The van der Waals surface area contributed by atoms with Crippen LogP contribution in [0.4, 0.5) is 4.39 Å². The fraction of sp³-hybridized carbons (Fsp3) is 0.412. The molecule has 2 aliphatic rings. The Bertz CT molecular complexity index is 645. The van der Waals surface area contributed by atoms with Gasteiger partial charge in [-0.3, -0.25) is 9.59 Å². The Hall–Kier alpha value is -1.88. The Labute approximate surface area is 138 Å². The molecule has 1 aliphatic carbocycles. The normalized spacial score (nSPS) is 29.6. The third kappa shape index (κ3) is 3.72. The molecule has 23 heavy (non-hydrogen) atoms. The van der Waals surface area contributed by atoms with E-state index in [0.717, 1.165) is 0 Å². The van der Waals surface area contributed by atoms with E-state index in [4.69, 9.17) is 21.1 Å². The lowest BCUT2D eigenvalue weighted by atomic mass is 9.92. The second-order valence-electron chi connectivity index (χ2n) is 5.80. The van der Waals surface area contributed by atoms with Crippen LogP contribution in [-0.2, 0) is 14.3 Å². The number of carbonyl (C=O) groups is 2. The zero-order valence-electron chi connectivity index (χ0n) is 12.3. The highest BCUT2D eigenvalue weighted by molar-refractivity contribution is 6.30. The molecule has 0 spiro atoms. The van der Waals surface area contributed by atoms with Gasteiger partial charge in [0.1, 0.15) is 18.0 Å². The van der Waals surface area contributed by atoms with E-state index in [1.165, 1.54) is 6.08 Å². The molecule has 4 unspecified atom stereocenters. The second-order valence-corrected chi connectivity index (χ2v) is 6.23. The average molecular weight is 339 g/mol. The van der Waals surface area contributed by atoms with E-state index in [0.29, 0.717) is 10.8 Å². The van der Waals surface area contributed by atoms with Gasteiger partial charge in [-0.1, -0.05) is 23.7 Å². The van der Waals surface area contributed by atoms with Crippen LogP contribution in [0.1, 0.15) is 12.8 Å². The van der Waals surface area contributed by atoms with Crippen molar-refractivity contribution in [1.29, 1.82) is 0 Å². The van der Waals surface area contributed by atoms with Crippen LogP contribution >= 0.6 is 11.6 Å². The molecule has 4 nitrogen and oxygen atoms in total. The summed E-state index contributed by atoms with van der Waals surface area (Å²) in [6, 6.07) is 6.74. The van der Waals surface area contributed by atoms with E-state index in [9.17, 15) is 14.0 Å². The van der Waals surface area contributed by atoms with Crippen molar-refractivity contribution in [2.75, 3.05) is 6.61 Å². The van der Waals surface area contributed by atoms with Crippen molar-refractivity contribution in [2.45, 2.75) is 25.1 Å². The van der Waals surface area contributed by atoms with Crippen molar-refractivity contribution < 1.29 is 23.5 Å². The summed E-state index contributed by atoms with van der Waals surface area (Å²) in [6.45, 7) is -0.149. The maximum absolute atomic E-state index is 14.0. The Kier molecular flexibility index (Phi) is 4.66. The Morgan fingerprint density at radius 1 is 1.48 bits per heavy atom. The predicted molar refractivity (Wildman–Crippen MR) is 82.1 cm³/mol. The van der Waals surface area contributed by atoms with E-state index in [1.807, 2.05) is 0 Å². The standard InChI is InChI=1S/C17H16ClFO4/c18-10-2-1-3-12(6-10)22-9-11(20)4-5-13-14-7-17(21)23-16(14)8-15(13)19/h1-6,13-16H,7-9H2/b5-4+. The topological polar surface area (TPSA) is 52.6 Å². The van der Waals surface area contributed by atoms with Gasteiger partial charge < -0.3 is 9.47 Å². The largest absolute Gasteiger partial charge is 0.485 e. The van der Waals surface area contributed by atoms with Gasteiger partial charge in [-0.2, -0.15) is 0 Å². The second kappa shape index (κ2) is 6.71. The lowest BCUT2D eigenvalue weighted by molar-refractivity contribution is -0.141. The van der Waals surface area contributed by atoms with Crippen molar-refractivity contribution in [1.82, 2.24) is 0 Å². The molecular formula is C17H16ClFO4. The number of benzene rings is 1. The van der Waals surface area contributed by atoms with E-state index in [-0.39, 0.29) is 43.2 Å². The van der Waals surface area contributed by atoms with Gasteiger partial charge in [-0.05, 0) is 24.3 Å². The minimum atomic E-state index is -1.09. The highest BCUT2D eigenvalue weighted by Crippen LogP contribution is 2.43. The zero-order valence-corrected chi connectivity index (χ0v) is 13.0. The first-order chi connectivity index (χ1) is 11.0. The van der Waals surface area contributed by atoms with Crippen LogP contribution in [0.25, 0.3) is 0 Å². The van der Waals surface area contributed by atoms with Gasteiger partial charge in [0.2, 0.25) is 0 Å². The third-order valence-corrected chi connectivity index (χ3v) is 4.45. The summed E-state index contributed by atoms with van der Waals surface area (Å²) in [5.41, 5.74) is 0. The van der Waals surface area contributed by atoms with Gasteiger partial charge in [0.05, 0.1) is 6.42 Å². The smallest absolute Gasteiger partial charge is 0.306 e. The highest BCUT2D eigenvalue weighted by Gasteiger charge is 2.49. The molecule has 1 heterocycles. The number of fused-ring (bicyclic) bond motifs is 1.